The summed E-state index contributed by atoms with van der Waals surface area (Å²) in [5.41, 5.74) is 1.36. The number of rotatable bonds is 3. The highest BCUT2D eigenvalue weighted by atomic mass is 32.1. The summed E-state index contributed by atoms with van der Waals surface area (Å²) in [5, 5.41) is 2.08. The molecule has 0 aliphatic carbocycles. The lowest BCUT2D eigenvalue weighted by Crippen LogP contribution is -2.16. The van der Waals surface area contributed by atoms with Crippen molar-refractivity contribution in [1.82, 2.24) is 0 Å². The highest BCUT2D eigenvalue weighted by Crippen LogP contribution is 2.27. The lowest BCUT2D eigenvalue weighted by atomic mass is 10.0. The highest BCUT2D eigenvalue weighted by molar-refractivity contribution is 7.78. The van der Waals surface area contributed by atoms with E-state index in [0.717, 1.165) is 12.1 Å². The molecule has 0 aliphatic heterocycles. The van der Waals surface area contributed by atoms with E-state index >= 15 is 0 Å². The SMILES string of the molecule is Fc1cc(-c2ccc(N=C=S)c(F)c2)ccc1C#Cc1ccc(OC(F)(F)F)cc1. The van der Waals surface area contributed by atoms with Crippen LogP contribution < -0.4 is 4.74 Å². The number of aliphatic imine (C=N–C) groups is 1. The molecular formula is C22H10F5NOS. The van der Waals surface area contributed by atoms with Crippen molar-refractivity contribution in [3.05, 3.63) is 83.4 Å². The Labute approximate surface area is 173 Å². The van der Waals surface area contributed by atoms with Gasteiger partial charge in [0.05, 0.1) is 10.7 Å². The van der Waals surface area contributed by atoms with Crippen molar-refractivity contribution < 1.29 is 26.7 Å². The van der Waals surface area contributed by atoms with E-state index in [1.54, 1.807) is 12.1 Å². The summed E-state index contributed by atoms with van der Waals surface area (Å²) < 4.78 is 68.6. The van der Waals surface area contributed by atoms with Gasteiger partial charge in [-0.3, -0.25) is 0 Å². The zero-order valence-electron chi connectivity index (χ0n) is 14.9. The lowest BCUT2D eigenvalue weighted by Gasteiger charge is -2.08. The largest absolute Gasteiger partial charge is 0.573 e. The number of hydrogen-bond donors (Lipinski definition) is 0. The second-order valence-corrected chi connectivity index (χ2v) is 6.07. The van der Waals surface area contributed by atoms with E-state index in [9.17, 15) is 22.0 Å². The molecule has 30 heavy (non-hydrogen) atoms. The van der Waals surface area contributed by atoms with Crippen LogP contribution in [0.15, 0.2) is 65.7 Å². The van der Waals surface area contributed by atoms with Gasteiger partial charge in [0.15, 0.2) is 0 Å². The number of benzene rings is 3. The van der Waals surface area contributed by atoms with Gasteiger partial charge < -0.3 is 4.74 Å². The molecule has 0 bridgehead atoms. The van der Waals surface area contributed by atoms with Gasteiger partial charge in [0.25, 0.3) is 0 Å². The predicted octanol–water partition coefficient (Wildman–Crippen LogP) is 6.66. The molecule has 0 saturated carbocycles. The highest BCUT2D eigenvalue weighted by Gasteiger charge is 2.30. The number of isothiocyanates is 1. The molecule has 0 aliphatic rings. The number of thiocarbonyl (C=S) groups is 1. The van der Waals surface area contributed by atoms with Gasteiger partial charge in [-0.05, 0) is 71.9 Å². The van der Waals surface area contributed by atoms with Crippen molar-refractivity contribution in [2.75, 3.05) is 0 Å². The summed E-state index contributed by atoms with van der Waals surface area (Å²) in [4.78, 5) is 3.58. The van der Waals surface area contributed by atoms with Crippen molar-refractivity contribution >= 4 is 23.1 Å². The number of hydrogen-bond acceptors (Lipinski definition) is 3. The average Bonchev–Trinajstić information content (AvgIpc) is 2.68. The first-order valence-corrected chi connectivity index (χ1v) is 8.71. The molecule has 0 spiro atoms. The Morgan fingerprint density at radius 3 is 2.00 bits per heavy atom. The summed E-state index contributed by atoms with van der Waals surface area (Å²) in [7, 11) is 0. The van der Waals surface area contributed by atoms with Crippen LogP contribution in [-0.2, 0) is 0 Å². The standard InChI is InChI=1S/C22H10F5NOS/c23-19-11-16(17-7-10-21(28-13-30)20(24)12-17)6-5-15(19)4-1-14-2-8-18(9-3-14)29-22(25,26)27/h2-3,5-12H. The van der Waals surface area contributed by atoms with E-state index in [4.69, 9.17) is 0 Å². The molecule has 3 rings (SSSR count). The Morgan fingerprint density at radius 2 is 1.43 bits per heavy atom. The Balaban J connectivity index is 1.80. The zero-order valence-corrected chi connectivity index (χ0v) is 15.7. The summed E-state index contributed by atoms with van der Waals surface area (Å²) in [5.74, 6) is 3.66. The lowest BCUT2D eigenvalue weighted by molar-refractivity contribution is -0.274. The Bertz CT molecular complexity index is 1190. The van der Waals surface area contributed by atoms with Gasteiger partial charge in [0, 0.05) is 5.56 Å². The molecule has 3 aromatic carbocycles. The summed E-state index contributed by atoms with van der Waals surface area (Å²) in [6, 6.07) is 13.3. The molecule has 0 heterocycles. The number of nitrogens with zero attached hydrogens (tertiary/aromatic N) is 1. The predicted molar refractivity (Wildman–Crippen MR) is 106 cm³/mol. The second-order valence-electron chi connectivity index (χ2n) is 5.89. The molecule has 0 radical (unpaired) electrons. The maximum absolute atomic E-state index is 14.4. The molecule has 0 atom stereocenters. The second kappa shape index (κ2) is 8.87. The Kier molecular flexibility index (Phi) is 6.26. The van der Waals surface area contributed by atoms with E-state index in [0.29, 0.717) is 16.7 Å². The van der Waals surface area contributed by atoms with E-state index in [2.05, 4.69) is 38.9 Å². The topological polar surface area (TPSA) is 21.6 Å². The fourth-order valence-corrected chi connectivity index (χ4v) is 2.60. The molecule has 8 heteroatoms. The van der Waals surface area contributed by atoms with Crippen molar-refractivity contribution in [1.29, 1.82) is 0 Å². The van der Waals surface area contributed by atoms with E-state index in [1.165, 1.54) is 36.4 Å². The first-order chi connectivity index (χ1) is 14.2. The van der Waals surface area contributed by atoms with Crippen LogP contribution in [0.1, 0.15) is 11.1 Å². The quantitative estimate of drug-likeness (QED) is 0.200. The van der Waals surface area contributed by atoms with Gasteiger partial charge >= 0.3 is 6.36 Å². The monoisotopic (exact) mass is 431 g/mol. The number of halogens is 5. The normalized spacial score (nSPS) is 10.6. The minimum absolute atomic E-state index is 0.0309. The molecule has 0 aromatic heterocycles. The van der Waals surface area contributed by atoms with Gasteiger partial charge in [-0.2, -0.15) is 4.99 Å². The first-order valence-electron chi connectivity index (χ1n) is 8.30. The Hall–Kier alpha value is -3.53. The fourth-order valence-electron chi connectivity index (χ4n) is 2.50. The first kappa shape index (κ1) is 21.2. The molecule has 0 saturated heterocycles. The number of ether oxygens (including phenoxy) is 1. The van der Waals surface area contributed by atoms with Gasteiger partial charge in [0.1, 0.15) is 23.1 Å². The molecule has 0 amide bonds. The summed E-state index contributed by atoms with van der Waals surface area (Å²) >= 11 is 4.44. The minimum Gasteiger partial charge on any atom is -0.406 e. The van der Waals surface area contributed by atoms with Gasteiger partial charge in [-0.1, -0.05) is 24.0 Å². The van der Waals surface area contributed by atoms with Crippen LogP contribution in [-0.4, -0.2) is 11.5 Å². The van der Waals surface area contributed by atoms with Gasteiger partial charge in [-0.25, -0.2) is 8.78 Å². The third kappa shape index (κ3) is 5.51. The molecule has 150 valence electrons. The Morgan fingerprint density at radius 1 is 0.800 bits per heavy atom. The van der Waals surface area contributed by atoms with Crippen LogP contribution in [0.5, 0.6) is 5.75 Å². The van der Waals surface area contributed by atoms with Crippen molar-refractivity contribution in [2.24, 2.45) is 4.99 Å². The maximum atomic E-state index is 14.4. The van der Waals surface area contributed by atoms with Crippen LogP contribution in [0.25, 0.3) is 11.1 Å². The van der Waals surface area contributed by atoms with Crippen molar-refractivity contribution in [3.63, 3.8) is 0 Å². The third-order valence-electron chi connectivity index (χ3n) is 3.85. The fraction of sp³-hybridized carbons (Fsp3) is 0.0455. The van der Waals surface area contributed by atoms with Crippen LogP contribution in [0.3, 0.4) is 0 Å². The van der Waals surface area contributed by atoms with E-state index < -0.39 is 18.0 Å². The molecule has 0 unspecified atom stereocenters. The molecule has 0 N–H and O–H groups in total. The number of alkyl halides is 3. The van der Waals surface area contributed by atoms with E-state index in [-0.39, 0.29) is 17.0 Å². The molecule has 2 nitrogen and oxygen atoms in total. The summed E-state index contributed by atoms with van der Waals surface area (Å²) in [6.07, 6.45) is -4.78. The third-order valence-corrected chi connectivity index (χ3v) is 3.94. The average molecular weight is 431 g/mol. The van der Waals surface area contributed by atoms with Gasteiger partial charge in [0.2, 0.25) is 0 Å². The smallest absolute Gasteiger partial charge is 0.406 e. The van der Waals surface area contributed by atoms with Crippen LogP contribution in [0, 0.1) is 23.5 Å². The molecular weight excluding hydrogens is 421 g/mol. The van der Waals surface area contributed by atoms with Gasteiger partial charge in [-0.15, -0.1) is 13.2 Å². The zero-order chi connectivity index (χ0) is 21.7. The van der Waals surface area contributed by atoms with Crippen LogP contribution in [0.2, 0.25) is 0 Å². The van der Waals surface area contributed by atoms with Crippen molar-refractivity contribution in [2.45, 2.75) is 6.36 Å². The van der Waals surface area contributed by atoms with Crippen LogP contribution in [0.4, 0.5) is 27.6 Å². The maximum Gasteiger partial charge on any atom is 0.573 e. The van der Waals surface area contributed by atoms with Crippen LogP contribution >= 0.6 is 12.2 Å². The minimum atomic E-state index is -4.78. The molecule has 0 fully saturated rings. The van der Waals surface area contributed by atoms with Crippen molar-refractivity contribution in [3.8, 4) is 28.7 Å². The summed E-state index contributed by atoms with van der Waals surface area (Å²) in [6.45, 7) is 0. The molecule has 3 aromatic rings. The van der Waals surface area contributed by atoms with E-state index in [1.807, 2.05) is 0 Å².